The van der Waals surface area contributed by atoms with Crippen LogP contribution in [0.4, 0.5) is 0 Å². The van der Waals surface area contributed by atoms with Gasteiger partial charge in [-0.2, -0.15) is 0 Å². The lowest BCUT2D eigenvalue weighted by atomic mass is 10.1. The van der Waals surface area contributed by atoms with E-state index >= 15 is 0 Å². The standard InChI is InChI=1S/C14H10BrNO2S/c15-7-9-5-6-10(19-9)8-16-13(17)11-3-1-2-4-12(11)14(16)18/h1-6H,7-8H2. The lowest BCUT2D eigenvalue weighted by Gasteiger charge is -2.11. The van der Waals surface area contributed by atoms with Crippen molar-refractivity contribution in [2.24, 2.45) is 0 Å². The van der Waals surface area contributed by atoms with E-state index in [1.807, 2.05) is 12.1 Å². The number of nitrogens with zero attached hydrogens (tertiary/aromatic N) is 1. The van der Waals surface area contributed by atoms with Gasteiger partial charge in [0.25, 0.3) is 11.8 Å². The summed E-state index contributed by atoms with van der Waals surface area (Å²) in [5.74, 6) is -0.399. The van der Waals surface area contributed by atoms with Crippen LogP contribution in [0.3, 0.4) is 0 Å². The number of thiophene rings is 1. The molecule has 3 nitrogen and oxygen atoms in total. The zero-order chi connectivity index (χ0) is 13.4. The Labute approximate surface area is 123 Å². The molecule has 2 aromatic rings. The molecule has 19 heavy (non-hydrogen) atoms. The fourth-order valence-electron chi connectivity index (χ4n) is 2.12. The molecule has 0 bridgehead atoms. The smallest absolute Gasteiger partial charge is 0.261 e. The second-order valence-corrected chi connectivity index (χ2v) is 6.06. The largest absolute Gasteiger partial charge is 0.269 e. The van der Waals surface area contributed by atoms with Crippen molar-refractivity contribution < 1.29 is 9.59 Å². The summed E-state index contributed by atoms with van der Waals surface area (Å²) in [7, 11) is 0. The van der Waals surface area contributed by atoms with Crippen molar-refractivity contribution in [3.63, 3.8) is 0 Å². The number of fused-ring (bicyclic) bond motifs is 1. The third-order valence-electron chi connectivity index (χ3n) is 3.04. The minimum Gasteiger partial charge on any atom is -0.269 e. The predicted molar refractivity (Wildman–Crippen MR) is 77.6 cm³/mol. The summed E-state index contributed by atoms with van der Waals surface area (Å²) in [6.07, 6.45) is 0. The first-order chi connectivity index (χ1) is 9.20. The van der Waals surface area contributed by atoms with E-state index in [1.54, 1.807) is 35.6 Å². The Morgan fingerprint density at radius 3 is 2.05 bits per heavy atom. The van der Waals surface area contributed by atoms with Crippen LogP contribution in [0, 0.1) is 0 Å². The molecule has 1 aliphatic rings. The minimum atomic E-state index is -0.200. The summed E-state index contributed by atoms with van der Waals surface area (Å²) in [6.45, 7) is 0.351. The second kappa shape index (κ2) is 4.90. The highest BCUT2D eigenvalue weighted by Gasteiger charge is 2.35. The van der Waals surface area contributed by atoms with Crippen LogP contribution < -0.4 is 0 Å². The molecule has 0 N–H and O–H groups in total. The van der Waals surface area contributed by atoms with Crippen molar-refractivity contribution in [2.75, 3.05) is 0 Å². The van der Waals surface area contributed by atoms with Crippen LogP contribution in [0.5, 0.6) is 0 Å². The van der Waals surface area contributed by atoms with Crippen LogP contribution in [0.2, 0.25) is 0 Å². The van der Waals surface area contributed by atoms with E-state index in [9.17, 15) is 9.59 Å². The molecule has 2 amide bonds. The van der Waals surface area contributed by atoms with Gasteiger partial charge in [-0.1, -0.05) is 28.1 Å². The van der Waals surface area contributed by atoms with Crippen LogP contribution in [-0.2, 0) is 11.9 Å². The highest BCUT2D eigenvalue weighted by molar-refractivity contribution is 9.08. The van der Waals surface area contributed by atoms with Gasteiger partial charge in [-0.05, 0) is 24.3 Å². The summed E-state index contributed by atoms with van der Waals surface area (Å²) in [4.78, 5) is 27.9. The second-order valence-electron chi connectivity index (χ2n) is 4.24. The number of carbonyl (C=O) groups excluding carboxylic acids is 2. The molecule has 0 saturated carbocycles. The van der Waals surface area contributed by atoms with E-state index in [0.717, 1.165) is 10.2 Å². The maximum absolute atomic E-state index is 12.2. The third-order valence-corrected chi connectivity index (χ3v) is 5.09. The summed E-state index contributed by atoms with van der Waals surface area (Å²) >= 11 is 5.00. The minimum absolute atomic E-state index is 0.200. The molecule has 0 saturated heterocycles. The Morgan fingerprint density at radius 1 is 0.947 bits per heavy atom. The van der Waals surface area contributed by atoms with Crippen molar-refractivity contribution in [1.82, 2.24) is 4.90 Å². The molecule has 0 unspecified atom stereocenters. The lowest BCUT2D eigenvalue weighted by molar-refractivity contribution is 0.0644. The summed E-state index contributed by atoms with van der Waals surface area (Å²) in [5, 5.41) is 0.791. The van der Waals surface area contributed by atoms with Crippen molar-refractivity contribution >= 4 is 39.1 Å². The van der Waals surface area contributed by atoms with Crippen molar-refractivity contribution in [2.45, 2.75) is 11.9 Å². The zero-order valence-corrected chi connectivity index (χ0v) is 12.3. The Kier molecular flexibility index (Phi) is 3.24. The average Bonchev–Trinajstić information content (AvgIpc) is 2.99. The summed E-state index contributed by atoms with van der Waals surface area (Å²) in [6, 6.07) is 10.9. The molecule has 1 aliphatic heterocycles. The monoisotopic (exact) mass is 335 g/mol. The van der Waals surface area contributed by atoms with Gasteiger partial charge in [-0.3, -0.25) is 14.5 Å². The Morgan fingerprint density at radius 2 is 1.53 bits per heavy atom. The summed E-state index contributed by atoms with van der Waals surface area (Å²) < 4.78 is 0. The van der Waals surface area contributed by atoms with E-state index in [1.165, 1.54) is 9.78 Å². The highest BCUT2D eigenvalue weighted by Crippen LogP contribution is 2.27. The number of rotatable bonds is 3. The number of alkyl halides is 1. The van der Waals surface area contributed by atoms with Gasteiger partial charge in [0.15, 0.2) is 0 Å². The van der Waals surface area contributed by atoms with Crippen LogP contribution in [0.25, 0.3) is 0 Å². The normalized spacial score (nSPS) is 14.1. The molecule has 0 spiro atoms. The molecule has 96 valence electrons. The third kappa shape index (κ3) is 2.13. The maximum Gasteiger partial charge on any atom is 0.261 e. The fraction of sp³-hybridized carbons (Fsp3) is 0.143. The number of imide groups is 1. The van der Waals surface area contributed by atoms with Gasteiger partial charge in [-0.25, -0.2) is 0 Å². The Bertz CT molecular complexity index is 630. The number of hydrogen-bond acceptors (Lipinski definition) is 3. The molecular formula is C14H10BrNO2S. The highest BCUT2D eigenvalue weighted by atomic mass is 79.9. The average molecular weight is 336 g/mol. The molecule has 3 rings (SSSR count). The number of benzene rings is 1. The van der Waals surface area contributed by atoms with E-state index in [0.29, 0.717) is 17.7 Å². The first kappa shape index (κ1) is 12.6. The first-order valence-electron chi connectivity index (χ1n) is 5.79. The fourth-order valence-corrected chi connectivity index (χ4v) is 3.51. The Balaban J connectivity index is 1.88. The van der Waals surface area contributed by atoms with E-state index in [2.05, 4.69) is 15.9 Å². The van der Waals surface area contributed by atoms with Crippen LogP contribution in [0.15, 0.2) is 36.4 Å². The quantitative estimate of drug-likeness (QED) is 0.636. The first-order valence-corrected chi connectivity index (χ1v) is 7.73. The van der Waals surface area contributed by atoms with Crippen molar-refractivity contribution in [3.05, 3.63) is 57.3 Å². The van der Waals surface area contributed by atoms with Gasteiger partial charge in [-0.15, -0.1) is 11.3 Å². The number of amides is 2. The van der Waals surface area contributed by atoms with Crippen LogP contribution >= 0.6 is 27.3 Å². The molecule has 0 atom stereocenters. The van der Waals surface area contributed by atoms with Gasteiger partial charge < -0.3 is 0 Å². The number of carbonyl (C=O) groups is 2. The topological polar surface area (TPSA) is 37.4 Å². The molecule has 2 heterocycles. The van der Waals surface area contributed by atoms with Gasteiger partial charge in [0.1, 0.15) is 0 Å². The van der Waals surface area contributed by atoms with Gasteiger partial charge in [0.2, 0.25) is 0 Å². The Hall–Kier alpha value is -1.46. The SMILES string of the molecule is O=C1c2ccccc2C(=O)N1Cc1ccc(CBr)s1. The summed E-state index contributed by atoms with van der Waals surface area (Å²) in [5.41, 5.74) is 1.01. The van der Waals surface area contributed by atoms with Gasteiger partial charge >= 0.3 is 0 Å². The maximum atomic E-state index is 12.2. The molecule has 0 aliphatic carbocycles. The molecule has 0 fully saturated rings. The van der Waals surface area contributed by atoms with Crippen molar-refractivity contribution in [1.29, 1.82) is 0 Å². The molecule has 1 aromatic heterocycles. The zero-order valence-electron chi connectivity index (χ0n) is 9.93. The van der Waals surface area contributed by atoms with E-state index in [4.69, 9.17) is 0 Å². The van der Waals surface area contributed by atoms with Crippen LogP contribution in [-0.4, -0.2) is 16.7 Å². The van der Waals surface area contributed by atoms with E-state index in [-0.39, 0.29) is 11.8 Å². The van der Waals surface area contributed by atoms with Gasteiger partial charge in [0.05, 0.1) is 17.7 Å². The number of halogens is 1. The molecule has 0 radical (unpaired) electrons. The molecule has 1 aromatic carbocycles. The molecular weight excluding hydrogens is 326 g/mol. The lowest BCUT2D eigenvalue weighted by Crippen LogP contribution is -2.28. The number of hydrogen-bond donors (Lipinski definition) is 0. The van der Waals surface area contributed by atoms with Crippen LogP contribution in [0.1, 0.15) is 30.5 Å². The van der Waals surface area contributed by atoms with Gasteiger partial charge in [0, 0.05) is 15.1 Å². The van der Waals surface area contributed by atoms with E-state index < -0.39 is 0 Å². The molecule has 5 heteroatoms. The predicted octanol–water partition coefficient (Wildman–Crippen LogP) is 3.44. The van der Waals surface area contributed by atoms with Crippen molar-refractivity contribution in [3.8, 4) is 0 Å².